The number of amides is 1. The van der Waals surface area contributed by atoms with Crippen LogP contribution in [0.25, 0.3) is 0 Å². The summed E-state index contributed by atoms with van der Waals surface area (Å²) in [5.41, 5.74) is 0.629. The van der Waals surface area contributed by atoms with Crippen LogP contribution in [0.2, 0.25) is 0 Å². The van der Waals surface area contributed by atoms with Gasteiger partial charge in [-0.15, -0.1) is 0 Å². The molecule has 84 valence electrons. The minimum Gasteiger partial charge on any atom is -0.334 e. The first-order chi connectivity index (χ1) is 7.07. The van der Waals surface area contributed by atoms with Gasteiger partial charge in [-0.25, -0.2) is 4.98 Å². The maximum Gasteiger partial charge on any atom is 0.272 e. The van der Waals surface area contributed by atoms with Crippen LogP contribution in [0.1, 0.15) is 24.3 Å². The van der Waals surface area contributed by atoms with Crippen molar-refractivity contribution in [3.05, 3.63) is 18.2 Å². The Morgan fingerprint density at radius 3 is 2.73 bits per heavy atom. The molecule has 0 aromatic carbocycles. The van der Waals surface area contributed by atoms with E-state index in [0.717, 1.165) is 5.33 Å². The summed E-state index contributed by atoms with van der Waals surface area (Å²) in [6.45, 7) is 4.73. The lowest BCUT2D eigenvalue weighted by Gasteiger charge is -2.25. The van der Waals surface area contributed by atoms with Crippen molar-refractivity contribution in [1.29, 1.82) is 0 Å². The number of hydrogen-bond acceptors (Lipinski definition) is 2. The van der Waals surface area contributed by atoms with Crippen molar-refractivity contribution < 1.29 is 4.79 Å². The van der Waals surface area contributed by atoms with E-state index in [1.807, 2.05) is 25.8 Å². The molecule has 0 saturated heterocycles. The standard InChI is InChI=1S/C10H16BrN3O/c1-8(2)14(5-4-11)10(15)9-6-12-7-13(9)3/h6-8H,4-5H2,1-3H3. The molecule has 0 fully saturated rings. The van der Waals surface area contributed by atoms with Gasteiger partial charge in [-0.3, -0.25) is 4.79 Å². The van der Waals surface area contributed by atoms with Crippen molar-refractivity contribution in [1.82, 2.24) is 14.5 Å². The van der Waals surface area contributed by atoms with E-state index in [9.17, 15) is 4.79 Å². The van der Waals surface area contributed by atoms with Crippen molar-refractivity contribution >= 4 is 21.8 Å². The van der Waals surface area contributed by atoms with Crippen molar-refractivity contribution in [2.75, 3.05) is 11.9 Å². The highest BCUT2D eigenvalue weighted by molar-refractivity contribution is 9.09. The number of aryl methyl sites for hydroxylation is 1. The molecule has 0 bridgehead atoms. The number of alkyl halides is 1. The SMILES string of the molecule is CC(C)N(CCBr)C(=O)c1cncn1C. The van der Waals surface area contributed by atoms with E-state index in [4.69, 9.17) is 0 Å². The van der Waals surface area contributed by atoms with E-state index < -0.39 is 0 Å². The summed E-state index contributed by atoms with van der Waals surface area (Å²) in [6, 6.07) is 0.199. The summed E-state index contributed by atoms with van der Waals surface area (Å²) in [6.07, 6.45) is 3.24. The summed E-state index contributed by atoms with van der Waals surface area (Å²) >= 11 is 3.35. The average molecular weight is 274 g/mol. The predicted molar refractivity (Wildman–Crippen MR) is 63.2 cm³/mol. The minimum atomic E-state index is 0.0319. The maximum atomic E-state index is 12.1. The zero-order valence-electron chi connectivity index (χ0n) is 9.27. The van der Waals surface area contributed by atoms with Gasteiger partial charge in [-0.05, 0) is 13.8 Å². The van der Waals surface area contributed by atoms with Crippen molar-refractivity contribution in [2.45, 2.75) is 19.9 Å². The molecule has 0 radical (unpaired) electrons. The minimum absolute atomic E-state index is 0.0319. The van der Waals surface area contributed by atoms with E-state index in [0.29, 0.717) is 12.2 Å². The van der Waals surface area contributed by atoms with E-state index in [2.05, 4.69) is 20.9 Å². The second kappa shape index (κ2) is 5.30. The van der Waals surface area contributed by atoms with E-state index in [1.54, 1.807) is 17.1 Å². The second-order valence-corrected chi connectivity index (χ2v) is 4.46. The van der Waals surface area contributed by atoms with Crippen LogP contribution in [0, 0.1) is 0 Å². The highest BCUT2D eigenvalue weighted by Crippen LogP contribution is 2.07. The molecule has 0 unspecified atom stereocenters. The fourth-order valence-corrected chi connectivity index (χ4v) is 1.78. The quantitative estimate of drug-likeness (QED) is 0.783. The molecule has 4 nitrogen and oxygen atoms in total. The zero-order chi connectivity index (χ0) is 11.4. The summed E-state index contributed by atoms with van der Waals surface area (Å²) in [5, 5.41) is 0.786. The van der Waals surface area contributed by atoms with E-state index in [-0.39, 0.29) is 11.9 Å². The first kappa shape index (κ1) is 12.2. The summed E-state index contributed by atoms with van der Waals surface area (Å²) in [5.74, 6) is 0.0319. The van der Waals surface area contributed by atoms with Crippen molar-refractivity contribution in [3.63, 3.8) is 0 Å². The van der Waals surface area contributed by atoms with Gasteiger partial charge in [0, 0.05) is 25.0 Å². The first-order valence-electron chi connectivity index (χ1n) is 4.91. The molecular formula is C10H16BrN3O. The molecule has 1 aromatic rings. The van der Waals surface area contributed by atoms with Crippen LogP contribution in [-0.4, -0.2) is 38.3 Å². The lowest BCUT2D eigenvalue weighted by molar-refractivity contribution is 0.0709. The van der Waals surface area contributed by atoms with Crippen LogP contribution in [0.4, 0.5) is 0 Å². The fourth-order valence-electron chi connectivity index (χ4n) is 1.40. The molecule has 0 aliphatic heterocycles. The molecule has 5 heteroatoms. The van der Waals surface area contributed by atoms with Crippen LogP contribution in [0.15, 0.2) is 12.5 Å². The summed E-state index contributed by atoms with van der Waals surface area (Å²) in [7, 11) is 1.83. The number of halogens is 1. The molecule has 1 heterocycles. The van der Waals surface area contributed by atoms with Crippen LogP contribution in [0.3, 0.4) is 0 Å². The Hall–Kier alpha value is -0.840. The number of rotatable bonds is 4. The highest BCUT2D eigenvalue weighted by Gasteiger charge is 2.20. The average Bonchev–Trinajstić information content (AvgIpc) is 2.59. The Kier molecular flexibility index (Phi) is 4.32. The largest absolute Gasteiger partial charge is 0.334 e. The van der Waals surface area contributed by atoms with E-state index >= 15 is 0 Å². The Bertz CT molecular complexity index is 335. The smallest absolute Gasteiger partial charge is 0.272 e. The molecule has 1 amide bonds. The second-order valence-electron chi connectivity index (χ2n) is 3.67. The number of nitrogens with zero attached hydrogens (tertiary/aromatic N) is 3. The predicted octanol–water partition coefficient (Wildman–Crippen LogP) is 1.67. The molecule has 1 aromatic heterocycles. The van der Waals surface area contributed by atoms with Gasteiger partial charge in [-0.1, -0.05) is 15.9 Å². The summed E-state index contributed by atoms with van der Waals surface area (Å²) in [4.78, 5) is 17.9. The molecule has 1 rings (SSSR count). The number of aromatic nitrogens is 2. The monoisotopic (exact) mass is 273 g/mol. The number of imidazole rings is 1. The third kappa shape index (κ3) is 2.81. The normalized spacial score (nSPS) is 10.7. The molecule has 0 aliphatic rings. The molecule has 0 atom stereocenters. The van der Waals surface area contributed by atoms with Gasteiger partial charge >= 0.3 is 0 Å². The third-order valence-electron chi connectivity index (χ3n) is 2.25. The number of carbonyl (C=O) groups is 1. The van der Waals surface area contributed by atoms with Gasteiger partial charge in [-0.2, -0.15) is 0 Å². The number of hydrogen-bond donors (Lipinski definition) is 0. The van der Waals surface area contributed by atoms with Crippen LogP contribution >= 0.6 is 15.9 Å². The molecule has 15 heavy (non-hydrogen) atoms. The van der Waals surface area contributed by atoms with Crippen molar-refractivity contribution in [3.8, 4) is 0 Å². The van der Waals surface area contributed by atoms with Crippen LogP contribution in [0.5, 0.6) is 0 Å². The van der Waals surface area contributed by atoms with Gasteiger partial charge < -0.3 is 9.47 Å². The topological polar surface area (TPSA) is 38.1 Å². The van der Waals surface area contributed by atoms with Crippen LogP contribution in [-0.2, 0) is 7.05 Å². The van der Waals surface area contributed by atoms with E-state index in [1.165, 1.54) is 0 Å². The third-order valence-corrected chi connectivity index (χ3v) is 2.60. The van der Waals surface area contributed by atoms with Gasteiger partial charge in [0.1, 0.15) is 5.69 Å². The molecule has 0 N–H and O–H groups in total. The molecule has 0 spiro atoms. The lowest BCUT2D eigenvalue weighted by Crippen LogP contribution is -2.39. The van der Waals surface area contributed by atoms with Gasteiger partial charge in [0.15, 0.2) is 0 Å². The Balaban J connectivity index is 2.86. The Labute approximate surface area is 98.4 Å². The fraction of sp³-hybridized carbons (Fsp3) is 0.600. The Morgan fingerprint density at radius 1 is 1.67 bits per heavy atom. The number of carbonyl (C=O) groups excluding carboxylic acids is 1. The maximum absolute atomic E-state index is 12.1. The van der Waals surface area contributed by atoms with Gasteiger partial charge in [0.05, 0.1) is 12.5 Å². The van der Waals surface area contributed by atoms with Crippen molar-refractivity contribution in [2.24, 2.45) is 7.05 Å². The molecule has 0 aliphatic carbocycles. The van der Waals surface area contributed by atoms with Crippen LogP contribution < -0.4 is 0 Å². The highest BCUT2D eigenvalue weighted by atomic mass is 79.9. The molecule has 0 saturated carbocycles. The molecular weight excluding hydrogens is 258 g/mol. The zero-order valence-corrected chi connectivity index (χ0v) is 10.9. The lowest BCUT2D eigenvalue weighted by atomic mass is 10.3. The first-order valence-corrected chi connectivity index (χ1v) is 6.03. The Morgan fingerprint density at radius 2 is 2.33 bits per heavy atom. The summed E-state index contributed by atoms with van der Waals surface area (Å²) < 4.78 is 1.74. The van der Waals surface area contributed by atoms with Gasteiger partial charge in [0.25, 0.3) is 5.91 Å². The van der Waals surface area contributed by atoms with Gasteiger partial charge in [0.2, 0.25) is 0 Å².